The van der Waals surface area contributed by atoms with Crippen LogP contribution < -0.4 is 0 Å². The van der Waals surface area contributed by atoms with Gasteiger partial charge in [0.15, 0.2) is 0 Å². The third kappa shape index (κ3) is 5.70. The van der Waals surface area contributed by atoms with Gasteiger partial charge in [0, 0.05) is 31.8 Å². The summed E-state index contributed by atoms with van der Waals surface area (Å²) in [5, 5.41) is 0.798. The van der Waals surface area contributed by atoms with Crippen molar-refractivity contribution in [3.05, 3.63) is 34.9 Å². The van der Waals surface area contributed by atoms with E-state index >= 15 is 0 Å². The second-order valence-electron chi connectivity index (χ2n) is 7.74. The molecule has 5 heteroatoms. The predicted octanol–water partition coefficient (Wildman–Crippen LogP) is 3.62. The number of hydrogen-bond donors (Lipinski definition) is 0. The van der Waals surface area contributed by atoms with E-state index in [1.165, 1.54) is 18.4 Å². The monoisotopic (exact) mass is 378 g/mol. The molecule has 4 nitrogen and oxygen atoms in total. The van der Waals surface area contributed by atoms with Crippen molar-refractivity contribution in [2.75, 3.05) is 39.8 Å². The molecule has 26 heavy (non-hydrogen) atoms. The van der Waals surface area contributed by atoms with Crippen LogP contribution in [0.25, 0.3) is 0 Å². The maximum absolute atomic E-state index is 12.5. The van der Waals surface area contributed by atoms with Crippen LogP contribution in [0.2, 0.25) is 5.02 Å². The summed E-state index contributed by atoms with van der Waals surface area (Å²) in [5.74, 6) is 0.786. The maximum Gasteiger partial charge on any atom is 0.251 e. The molecule has 2 fully saturated rings. The fourth-order valence-electron chi connectivity index (χ4n) is 3.99. The molecule has 0 radical (unpaired) electrons. The van der Waals surface area contributed by atoms with Gasteiger partial charge in [0.25, 0.3) is 5.91 Å². The van der Waals surface area contributed by atoms with Crippen molar-refractivity contribution in [1.29, 1.82) is 0 Å². The van der Waals surface area contributed by atoms with E-state index in [1.807, 2.05) is 24.1 Å². The average molecular weight is 379 g/mol. The molecule has 0 aromatic heterocycles. The molecule has 0 bridgehead atoms. The zero-order valence-electron chi connectivity index (χ0n) is 15.8. The van der Waals surface area contributed by atoms with Crippen molar-refractivity contribution < 1.29 is 9.53 Å². The number of carbonyl (C=O) groups is 1. The lowest BCUT2D eigenvalue weighted by Gasteiger charge is -2.35. The Labute approximate surface area is 162 Å². The van der Waals surface area contributed by atoms with Crippen molar-refractivity contribution in [2.24, 2.45) is 5.92 Å². The lowest BCUT2D eigenvalue weighted by molar-refractivity contribution is -0.145. The number of likely N-dealkylation sites (N-methyl/N-ethyl adjacent to an activating group) is 1. The van der Waals surface area contributed by atoms with Crippen LogP contribution in [0.3, 0.4) is 0 Å². The summed E-state index contributed by atoms with van der Waals surface area (Å²) in [4.78, 5) is 16.9. The van der Waals surface area contributed by atoms with Crippen LogP contribution in [0, 0.1) is 5.92 Å². The van der Waals surface area contributed by atoms with Gasteiger partial charge in [0.05, 0.1) is 0 Å². The Morgan fingerprint density at radius 1 is 1.19 bits per heavy atom. The Morgan fingerprint density at radius 2 is 1.92 bits per heavy atom. The summed E-state index contributed by atoms with van der Waals surface area (Å²) in [6, 6.07) is 8.16. The van der Waals surface area contributed by atoms with Gasteiger partial charge in [-0.3, -0.25) is 4.79 Å². The summed E-state index contributed by atoms with van der Waals surface area (Å²) in [5.41, 5.74) is 1.34. The quantitative estimate of drug-likeness (QED) is 0.757. The van der Waals surface area contributed by atoms with E-state index < -0.39 is 0 Å². The summed E-state index contributed by atoms with van der Waals surface area (Å²) in [6.45, 7) is 4.94. The molecule has 0 aliphatic carbocycles. The van der Waals surface area contributed by atoms with E-state index in [2.05, 4.69) is 17.0 Å². The molecular weight excluding hydrogens is 348 g/mol. The average Bonchev–Trinajstić information content (AvgIpc) is 2.68. The smallest absolute Gasteiger partial charge is 0.251 e. The van der Waals surface area contributed by atoms with Crippen LogP contribution in [0.4, 0.5) is 0 Å². The zero-order valence-corrected chi connectivity index (χ0v) is 16.6. The molecule has 2 saturated heterocycles. The molecule has 1 aromatic rings. The van der Waals surface area contributed by atoms with Gasteiger partial charge < -0.3 is 14.5 Å². The van der Waals surface area contributed by atoms with Gasteiger partial charge >= 0.3 is 0 Å². The third-order valence-corrected chi connectivity index (χ3v) is 5.95. The summed E-state index contributed by atoms with van der Waals surface area (Å²) < 4.78 is 5.64. The minimum absolute atomic E-state index is 0.176. The van der Waals surface area contributed by atoms with Crippen LogP contribution in [0.15, 0.2) is 24.3 Å². The number of amides is 1. The Morgan fingerprint density at radius 3 is 2.58 bits per heavy atom. The van der Waals surface area contributed by atoms with Crippen molar-refractivity contribution in [3.63, 3.8) is 0 Å². The Kier molecular flexibility index (Phi) is 7.35. The molecule has 0 spiro atoms. The predicted molar refractivity (Wildman–Crippen MR) is 106 cm³/mol. The van der Waals surface area contributed by atoms with Crippen molar-refractivity contribution in [1.82, 2.24) is 9.80 Å². The first-order chi connectivity index (χ1) is 12.6. The Balaban J connectivity index is 1.36. The first-order valence-electron chi connectivity index (χ1n) is 9.95. The highest BCUT2D eigenvalue weighted by Gasteiger charge is 2.27. The van der Waals surface area contributed by atoms with Crippen LogP contribution in [-0.2, 0) is 16.0 Å². The third-order valence-electron chi connectivity index (χ3n) is 5.70. The lowest BCUT2D eigenvalue weighted by Crippen LogP contribution is -2.44. The molecule has 144 valence electrons. The summed E-state index contributed by atoms with van der Waals surface area (Å²) in [7, 11) is 1.94. The van der Waals surface area contributed by atoms with Crippen molar-refractivity contribution in [2.45, 2.75) is 44.6 Å². The number of likely N-dealkylation sites (tertiary alicyclic amines) is 1. The largest absolute Gasteiger partial charge is 0.368 e. The fraction of sp³-hybridized carbons (Fsp3) is 0.667. The number of nitrogens with zero attached hydrogens (tertiary/aromatic N) is 2. The first-order valence-corrected chi connectivity index (χ1v) is 10.3. The van der Waals surface area contributed by atoms with Gasteiger partial charge in [-0.05, 0) is 75.2 Å². The number of ether oxygens (including phenoxy) is 1. The topological polar surface area (TPSA) is 32.8 Å². The van der Waals surface area contributed by atoms with Gasteiger partial charge in [0.1, 0.15) is 6.10 Å². The molecule has 1 amide bonds. The standard InChI is InChI=1S/C21H31ClN2O2/c1-23(21(25)20-4-2-3-15-26-20)16-18-10-13-24(14-11-18)12-9-17-5-7-19(22)8-6-17/h5-8,18,20H,2-4,9-16H2,1H3. The molecular formula is C21H31ClN2O2. The molecule has 2 aliphatic heterocycles. The van der Waals surface area contributed by atoms with E-state index in [1.54, 1.807) is 0 Å². The Bertz CT molecular complexity index is 564. The summed E-state index contributed by atoms with van der Waals surface area (Å²) >= 11 is 5.94. The van der Waals surface area contributed by atoms with Gasteiger partial charge in [-0.25, -0.2) is 0 Å². The first kappa shape index (κ1) is 19.7. The molecule has 1 unspecified atom stereocenters. The second-order valence-corrected chi connectivity index (χ2v) is 8.17. The van der Waals surface area contributed by atoms with Gasteiger partial charge in [-0.1, -0.05) is 23.7 Å². The number of halogens is 1. The van der Waals surface area contributed by atoms with Gasteiger partial charge in [-0.2, -0.15) is 0 Å². The van der Waals surface area contributed by atoms with Gasteiger partial charge in [0.2, 0.25) is 0 Å². The summed E-state index contributed by atoms with van der Waals surface area (Å²) in [6.07, 6.45) is 6.28. The second kappa shape index (κ2) is 9.72. The molecule has 1 atom stereocenters. The highest BCUT2D eigenvalue weighted by molar-refractivity contribution is 6.30. The molecule has 0 saturated carbocycles. The zero-order chi connectivity index (χ0) is 18.4. The van der Waals surface area contributed by atoms with E-state index in [-0.39, 0.29) is 12.0 Å². The van der Waals surface area contributed by atoms with Crippen molar-refractivity contribution in [3.8, 4) is 0 Å². The number of piperidine rings is 1. The van der Waals surface area contributed by atoms with Crippen LogP contribution in [0.5, 0.6) is 0 Å². The number of rotatable bonds is 6. The molecule has 2 aliphatic rings. The van der Waals surface area contributed by atoms with E-state index in [0.717, 1.165) is 63.5 Å². The molecule has 0 N–H and O–H groups in total. The minimum Gasteiger partial charge on any atom is -0.368 e. The number of hydrogen-bond acceptors (Lipinski definition) is 3. The Hall–Kier alpha value is -1.10. The normalized spacial score (nSPS) is 22.3. The maximum atomic E-state index is 12.5. The lowest BCUT2D eigenvalue weighted by atomic mass is 9.95. The SMILES string of the molecule is CN(CC1CCN(CCc2ccc(Cl)cc2)CC1)C(=O)C1CCCCO1. The van der Waals surface area contributed by atoms with Gasteiger partial charge in [-0.15, -0.1) is 0 Å². The highest BCUT2D eigenvalue weighted by atomic mass is 35.5. The fourth-order valence-corrected chi connectivity index (χ4v) is 4.12. The molecule has 2 heterocycles. The number of carbonyl (C=O) groups excluding carboxylic acids is 1. The number of benzene rings is 1. The highest BCUT2D eigenvalue weighted by Crippen LogP contribution is 2.21. The van der Waals surface area contributed by atoms with E-state index in [0.29, 0.717) is 5.92 Å². The van der Waals surface area contributed by atoms with E-state index in [9.17, 15) is 4.79 Å². The molecule has 1 aromatic carbocycles. The van der Waals surface area contributed by atoms with Crippen LogP contribution >= 0.6 is 11.6 Å². The van der Waals surface area contributed by atoms with E-state index in [4.69, 9.17) is 16.3 Å². The van der Waals surface area contributed by atoms with Crippen LogP contribution in [-0.4, -0.2) is 61.6 Å². The minimum atomic E-state index is -0.201. The molecule has 3 rings (SSSR count). The van der Waals surface area contributed by atoms with Crippen LogP contribution in [0.1, 0.15) is 37.7 Å². The van der Waals surface area contributed by atoms with Crippen molar-refractivity contribution >= 4 is 17.5 Å².